The minimum atomic E-state index is 0.194. The van der Waals surface area contributed by atoms with E-state index in [0.29, 0.717) is 12.0 Å². The van der Waals surface area contributed by atoms with Gasteiger partial charge in [-0.05, 0) is 45.1 Å². The third-order valence-electron chi connectivity index (χ3n) is 3.77. The minimum Gasteiger partial charge on any atom is -0.378 e. The van der Waals surface area contributed by atoms with Crippen molar-refractivity contribution < 1.29 is 4.74 Å². The summed E-state index contributed by atoms with van der Waals surface area (Å²) in [5.41, 5.74) is 4.10. The number of aryl methyl sites for hydroxylation is 1. The second kappa shape index (κ2) is 6.31. The lowest BCUT2D eigenvalue weighted by molar-refractivity contribution is -0.0293. The molecule has 0 amide bonds. The number of hydrogen-bond donors (Lipinski definition) is 2. The van der Waals surface area contributed by atoms with Gasteiger partial charge in [0.2, 0.25) is 0 Å². The van der Waals surface area contributed by atoms with Gasteiger partial charge in [-0.3, -0.25) is 16.0 Å². The summed E-state index contributed by atoms with van der Waals surface area (Å²) < 4.78 is 7.59. The van der Waals surface area contributed by atoms with Crippen LogP contribution in [0, 0.1) is 5.92 Å². The van der Waals surface area contributed by atoms with E-state index < -0.39 is 0 Å². The Morgan fingerprint density at radius 2 is 2.33 bits per heavy atom. The molecule has 102 valence electrons. The Labute approximate surface area is 109 Å². The lowest BCUT2D eigenvalue weighted by Crippen LogP contribution is -2.37. The van der Waals surface area contributed by atoms with Crippen LogP contribution in [0.2, 0.25) is 0 Å². The van der Waals surface area contributed by atoms with E-state index in [4.69, 9.17) is 10.6 Å². The van der Waals surface area contributed by atoms with Gasteiger partial charge in [0.15, 0.2) is 0 Å². The molecule has 1 unspecified atom stereocenters. The van der Waals surface area contributed by atoms with Crippen LogP contribution in [0.1, 0.15) is 44.8 Å². The van der Waals surface area contributed by atoms with E-state index in [-0.39, 0.29) is 6.04 Å². The monoisotopic (exact) mass is 252 g/mol. The lowest BCUT2D eigenvalue weighted by Gasteiger charge is -2.36. The SMILES string of the molecule is CCOC1CC(CC(NN)c2ccnn2CC)C1. The van der Waals surface area contributed by atoms with E-state index in [9.17, 15) is 0 Å². The lowest BCUT2D eigenvalue weighted by atomic mass is 9.78. The maximum absolute atomic E-state index is 5.69. The van der Waals surface area contributed by atoms with E-state index in [2.05, 4.69) is 24.4 Å². The van der Waals surface area contributed by atoms with Crippen LogP contribution in [0.15, 0.2) is 12.3 Å². The van der Waals surface area contributed by atoms with Crippen molar-refractivity contribution in [3.05, 3.63) is 18.0 Å². The first-order valence-electron chi connectivity index (χ1n) is 6.87. The highest BCUT2D eigenvalue weighted by Crippen LogP contribution is 2.36. The molecule has 1 aromatic rings. The average molecular weight is 252 g/mol. The third kappa shape index (κ3) is 2.91. The molecule has 1 saturated carbocycles. The van der Waals surface area contributed by atoms with Gasteiger partial charge in [-0.1, -0.05) is 0 Å². The summed E-state index contributed by atoms with van der Waals surface area (Å²) in [5.74, 6) is 6.40. The molecule has 5 heteroatoms. The predicted molar refractivity (Wildman–Crippen MR) is 70.7 cm³/mol. The molecule has 3 N–H and O–H groups in total. The Bertz CT molecular complexity index is 360. The van der Waals surface area contributed by atoms with Gasteiger partial charge in [0, 0.05) is 19.3 Å². The smallest absolute Gasteiger partial charge is 0.0631 e. The van der Waals surface area contributed by atoms with Gasteiger partial charge in [-0.25, -0.2) is 0 Å². The van der Waals surface area contributed by atoms with Crippen molar-refractivity contribution in [1.29, 1.82) is 0 Å². The van der Waals surface area contributed by atoms with Gasteiger partial charge in [-0.15, -0.1) is 0 Å². The van der Waals surface area contributed by atoms with Crippen LogP contribution >= 0.6 is 0 Å². The average Bonchev–Trinajstić information content (AvgIpc) is 2.80. The summed E-state index contributed by atoms with van der Waals surface area (Å²) in [4.78, 5) is 0. The van der Waals surface area contributed by atoms with E-state index >= 15 is 0 Å². The Kier molecular flexibility index (Phi) is 4.74. The fraction of sp³-hybridized carbons (Fsp3) is 0.769. The van der Waals surface area contributed by atoms with E-state index in [1.807, 2.05) is 16.9 Å². The van der Waals surface area contributed by atoms with E-state index in [1.54, 1.807) is 0 Å². The number of rotatable bonds is 7. The predicted octanol–water partition coefficient (Wildman–Crippen LogP) is 1.61. The first kappa shape index (κ1) is 13.5. The number of nitrogens with zero attached hydrogens (tertiary/aromatic N) is 2. The zero-order valence-electron chi connectivity index (χ0n) is 11.3. The van der Waals surface area contributed by atoms with Crippen LogP contribution < -0.4 is 11.3 Å². The summed E-state index contributed by atoms with van der Waals surface area (Å²) >= 11 is 0. The van der Waals surface area contributed by atoms with Crippen molar-refractivity contribution in [2.24, 2.45) is 11.8 Å². The molecule has 0 spiro atoms. The summed E-state index contributed by atoms with van der Waals surface area (Å²) in [6.45, 7) is 5.85. The highest BCUT2D eigenvalue weighted by atomic mass is 16.5. The summed E-state index contributed by atoms with van der Waals surface area (Å²) in [6, 6.07) is 2.24. The topological polar surface area (TPSA) is 65.1 Å². The van der Waals surface area contributed by atoms with Gasteiger partial charge < -0.3 is 4.74 Å². The standard InChI is InChI=1S/C13H24N4O/c1-3-17-13(5-6-15-17)12(16-14)9-10-7-11(8-10)18-4-2/h5-6,10-12,16H,3-4,7-9,14H2,1-2H3. The molecule has 0 aromatic carbocycles. The molecule has 0 bridgehead atoms. The van der Waals surface area contributed by atoms with Crippen molar-refractivity contribution in [3.63, 3.8) is 0 Å². The van der Waals surface area contributed by atoms with Crippen LogP contribution in [0.25, 0.3) is 0 Å². The van der Waals surface area contributed by atoms with Crippen LogP contribution in [-0.2, 0) is 11.3 Å². The summed E-state index contributed by atoms with van der Waals surface area (Å²) in [5, 5.41) is 4.30. The van der Waals surface area contributed by atoms with Crippen LogP contribution in [-0.4, -0.2) is 22.5 Å². The quantitative estimate of drug-likeness (QED) is 0.571. The van der Waals surface area contributed by atoms with Gasteiger partial charge in [0.1, 0.15) is 0 Å². The van der Waals surface area contributed by atoms with Crippen molar-refractivity contribution in [2.75, 3.05) is 6.61 Å². The first-order valence-corrected chi connectivity index (χ1v) is 6.87. The zero-order chi connectivity index (χ0) is 13.0. The van der Waals surface area contributed by atoms with Crippen molar-refractivity contribution in [3.8, 4) is 0 Å². The van der Waals surface area contributed by atoms with Crippen LogP contribution in [0.3, 0.4) is 0 Å². The van der Waals surface area contributed by atoms with E-state index in [1.165, 1.54) is 5.69 Å². The number of ether oxygens (including phenoxy) is 1. The van der Waals surface area contributed by atoms with E-state index in [0.717, 1.165) is 32.4 Å². The number of aromatic nitrogens is 2. The Hall–Kier alpha value is -0.910. The molecule has 1 heterocycles. The summed E-state index contributed by atoms with van der Waals surface area (Å²) in [7, 11) is 0. The second-order valence-electron chi connectivity index (χ2n) is 4.94. The molecule has 1 aliphatic carbocycles. The molecular formula is C13H24N4O. The molecule has 0 aliphatic heterocycles. The van der Waals surface area contributed by atoms with Crippen LogP contribution in [0.5, 0.6) is 0 Å². The van der Waals surface area contributed by atoms with Gasteiger partial charge >= 0.3 is 0 Å². The molecule has 1 aromatic heterocycles. The number of hydrazine groups is 1. The Morgan fingerprint density at radius 1 is 1.56 bits per heavy atom. The molecule has 0 radical (unpaired) electrons. The first-order chi connectivity index (χ1) is 8.78. The molecule has 0 saturated heterocycles. The van der Waals surface area contributed by atoms with Gasteiger partial charge in [0.25, 0.3) is 0 Å². The summed E-state index contributed by atoms with van der Waals surface area (Å²) in [6.07, 6.45) is 5.69. The zero-order valence-corrected chi connectivity index (χ0v) is 11.3. The maximum atomic E-state index is 5.69. The Morgan fingerprint density at radius 3 is 2.94 bits per heavy atom. The number of hydrogen-bond acceptors (Lipinski definition) is 4. The van der Waals surface area contributed by atoms with Crippen molar-refractivity contribution in [1.82, 2.24) is 15.2 Å². The molecular weight excluding hydrogens is 228 g/mol. The second-order valence-corrected chi connectivity index (χ2v) is 4.94. The fourth-order valence-corrected chi connectivity index (χ4v) is 2.75. The van der Waals surface area contributed by atoms with Crippen LogP contribution in [0.4, 0.5) is 0 Å². The highest BCUT2D eigenvalue weighted by molar-refractivity contribution is 5.07. The number of nitrogens with two attached hydrogens (primary N) is 1. The highest BCUT2D eigenvalue weighted by Gasteiger charge is 2.32. The molecule has 1 atom stereocenters. The van der Waals surface area contributed by atoms with Gasteiger partial charge in [0.05, 0.1) is 17.8 Å². The molecule has 1 aliphatic rings. The number of nitrogens with one attached hydrogen (secondary N) is 1. The fourth-order valence-electron chi connectivity index (χ4n) is 2.75. The Balaban J connectivity index is 1.87. The molecule has 1 fully saturated rings. The third-order valence-corrected chi connectivity index (χ3v) is 3.77. The van der Waals surface area contributed by atoms with Crippen molar-refractivity contribution in [2.45, 2.75) is 51.8 Å². The van der Waals surface area contributed by atoms with Gasteiger partial charge in [-0.2, -0.15) is 5.10 Å². The largest absolute Gasteiger partial charge is 0.378 e. The normalized spacial score (nSPS) is 24.8. The molecule has 5 nitrogen and oxygen atoms in total. The minimum absolute atomic E-state index is 0.194. The maximum Gasteiger partial charge on any atom is 0.0631 e. The molecule has 2 rings (SSSR count). The molecule has 18 heavy (non-hydrogen) atoms. The van der Waals surface area contributed by atoms with Crippen molar-refractivity contribution >= 4 is 0 Å².